The fourth-order valence-electron chi connectivity index (χ4n) is 4.74. The van der Waals surface area contributed by atoms with Crippen molar-refractivity contribution in [2.24, 2.45) is 0 Å². The Bertz CT molecular complexity index is 1300. The number of hydrogen-bond acceptors (Lipinski definition) is 6. The average Bonchev–Trinajstić information content (AvgIpc) is 2.98. The maximum absolute atomic E-state index is 11.9. The molecule has 0 bridgehead atoms. The van der Waals surface area contributed by atoms with E-state index in [1.54, 1.807) is 31.4 Å². The quantitative estimate of drug-likeness (QED) is 0.0927. The minimum Gasteiger partial charge on any atom is -0.497 e. The van der Waals surface area contributed by atoms with Gasteiger partial charge in [-0.15, -0.1) is 0 Å². The van der Waals surface area contributed by atoms with Crippen molar-refractivity contribution in [3.63, 3.8) is 0 Å². The number of rotatable bonds is 15. The van der Waals surface area contributed by atoms with E-state index < -0.39 is 21.8 Å². The van der Waals surface area contributed by atoms with E-state index in [1.165, 1.54) is 0 Å². The molecule has 0 radical (unpaired) electrons. The third-order valence-corrected chi connectivity index (χ3v) is 7.21. The molecule has 0 spiro atoms. The van der Waals surface area contributed by atoms with Crippen molar-refractivity contribution >= 4 is 10.1 Å². The summed E-state index contributed by atoms with van der Waals surface area (Å²) in [6.45, 7) is 0.575. The van der Waals surface area contributed by atoms with E-state index in [9.17, 15) is 8.42 Å². The molecule has 0 amide bonds. The molecule has 4 aromatic carbocycles. The van der Waals surface area contributed by atoms with Gasteiger partial charge in [0.05, 0.1) is 13.4 Å². The third kappa shape index (κ3) is 7.94. The second-order valence-electron chi connectivity index (χ2n) is 9.53. The number of unbranched alkanes of at least 4 members (excludes halogenated alkanes) is 1. The molecular formula is C33H36O6S. The molecule has 4 rings (SSSR count). The fourth-order valence-corrected chi connectivity index (χ4v) is 5.38. The van der Waals surface area contributed by atoms with Gasteiger partial charge in [-0.25, -0.2) is 0 Å². The van der Waals surface area contributed by atoms with Crippen LogP contribution >= 0.6 is 0 Å². The average molecular weight is 561 g/mol. The number of hydrogen-bond donors (Lipinski definition) is 0. The first kappa shape index (κ1) is 29.3. The van der Waals surface area contributed by atoms with Crippen LogP contribution in [0.4, 0.5) is 0 Å². The highest BCUT2D eigenvalue weighted by Gasteiger charge is 2.37. The van der Waals surface area contributed by atoms with Crippen LogP contribution in [0.15, 0.2) is 115 Å². The number of ether oxygens (including phenoxy) is 3. The van der Waals surface area contributed by atoms with E-state index in [0.29, 0.717) is 37.4 Å². The van der Waals surface area contributed by atoms with E-state index in [-0.39, 0.29) is 6.61 Å². The smallest absolute Gasteiger partial charge is 0.264 e. The van der Waals surface area contributed by atoms with Crippen molar-refractivity contribution in [2.75, 3.05) is 26.6 Å². The highest BCUT2D eigenvalue weighted by molar-refractivity contribution is 7.86. The Morgan fingerprint density at radius 2 is 1.15 bits per heavy atom. The van der Waals surface area contributed by atoms with E-state index in [2.05, 4.69) is 36.4 Å². The molecule has 0 N–H and O–H groups in total. The van der Waals surface area contributed by atoms with Crippen LogP contribution in [0, 0.1) is 0 Å². The minimum absolute atomic E-state index is 0.113. The van der Waals surface area contributed by atoms with Gasteiger partial charge in [-0.05, 0) is 60.2 Å². The molecule has 7 heteroatoms. The summed E-state index contributed by atoms with van der Waals surface area (Å²) in [6.07, 6.45) is 2.35. The fraction of sp³-hybridized carbons (Fsp3) is 0.273. The lowest BCUT2D eigenvalue weighted by molar-refractivity contribution is 0.00930. The van der Waals surface area contributed by atoms with Gasteiger partial charge in [-0.3, -0.25) is 4.18 Å². The van der Waals surface area contributed by atoms with Crippen LogP contribution in [0.25, 0.3) is 0 Å². The van der Waals surface area contributed by atoms with Crippen molar-refractivity contribution in [1.29, 1.82) is 0 Å². The monoisotopic (exact) mass is 560 g/mol. The predicted octanol–water partition coefficient (Wildman–Crippen LogP) is 6.60. The molecule has 0 saturated heterocycles. The summed E-state index contributed by atoms with van der Waals surface area (Å²) < 4.78 is 47.0. The number of methoxy groups -OCH3 is 1. The second-order valence-corrected chi connectivity index (χ2v) is 11.1. The molecule has 0 aliphatic rings. The molecule has 0 heterocycles. The second kappa shape index (κ2) is 14.1. The zero-order valence-corrected chi connectivity index (χ0v) is 23.8. The van der Waals surface area contributed by atoms with Crippen molar-refractivity contribution in [2.45, 2.75) is 31.0 Å². The predicted molar refractivity (Wildman–Crippen MR) is 157 cm³/mol. The van der Waals surface area contributed by atoms with Gasteiger partial charge >= 0.3 is 0 Å². The van der Waals surface area contributed by atoms with Crippen molar-refractivity contribution in [1.82, 2.24) is 0 Å². The first-order chi connectivity index (χ1) is 19.4. The van der Waals surface area contributed by atoms with Crippen LogP contribution < -0.4 is 9.47 Å². The maximum atomic E-state index is 11.9. The molecule has 0 aromatic heterocycles. The summed E-state index contributed by atoms with van der Waals surface area (Å²) >= 11 is 0. The van der Waals surface area contributed by atoms with Gasteiger partial charge in [0.2, 0.25) is 0 Å². The van der Waals surface area contributed by atoms with Gasteiger partial charge in [0, 0.05) is 6.61 Å². The first-order valence-corrected chi connectivity index (χ1v) is 15.2. The van der Waals surface area contributed by atoms with Crippen molar-refractivity contribution < 1.29 is 26.8 Å². The minimum atomic E-state index is -3.64. The Balaban J connectivity index is 1.45. The van der Waals surface area contributed by atoms with Crippen LogP contribution in [-0.2, 0) is 24.6 Å². The molecule has 4 aromatic rings. The Hall–Kier alpha value is -3.65. The van der Waals surface area contributed by atoms with Crippen LogP contribution in [0.5, 0.6) is 11.5 Å². The lowest BCUT2D eigenvalue weighted by Gasteiger charge is -2.36. The van der Waals surface area contributed by atoms with Gasteiger partial charge in [0.1, 0.15) is 29.8 Å². The Morgan fingerprint density at radius 3 is 1.60 bits per heavy atom. The lowest BCUT2D eigenvalue weighted by atomic mass is 9.80. The topological polar surface area (TPSA) is 71.1 Å². The summed E-state index contributed by atoms with van der Waals surface area (Å²) in [5.74, 6) is 1.33. The molecule has 0 saturated carbocycles. The van der Waals surface area contributed by atoms with E-state index in [1.807, 2.05) is 54.6 Å². The molecule has 1 atom stereocenters. The summed E-state index contributed by atoms with van der Waals surface area (Å²) in [5.41, 5.74) is 2.33. The first-order valence-electron chi connectivity index (χ1n) is 13.4. The highest BCUT2D eigenvalue weighted by atomic mass is 32.2. The zero-order valence-electron chi connectivity index (χ0n) is 22.9. The summed E-state index contributed by atoms with van der Waals surface area (Å²) in [4.78, 5) is 0. The van der Waals surface area contributed by atoms with Gasteiger partial charge in [0.15, 0.2) is 0 Å². The normalized spacial score (nSPS) is 12.6. The van der Waals surface area contributed by atoms with E-state index in [4.69, 9.17) is 18.4 Å². The SMILES string of the molecule is COc1ccc(OC[C@@H](CCCCOC(c2ccccc2)(c2ccccc2)c2ccccc2)OS(C)(=O)=O)cc1. The Labute approximate surface area is 237 Å². The molecule has 210 valence electrons. The largest absolute Gasteiger partial charge is 0.497 e. The lowest BCUT2D eigenvalue weighted by Crippen LogP contribution is -2.33. The Kier molecular flexibility index (Phi) is 10.4. The zero-order chi connectivity index (χ0) is 28.3. The molecular weight excluding hydrogens is 524 g/mol. The molecule has 0 unspecified atom stereocenters. The van der Waals surface area contributed by atoms with Gasteiger partial charge in [-0.2, -0.15) is 8.42 Å². The van der Waals surface area contributed by atoms with Crippen molar-refractivity contribution in [3.05, 3.63) is 132 Å². The van der Waals surface area contributed by atoms with Crippen molar-refractivity contribution in [3.8, 4) is 11.5 Å². The molecule has 40 heavy (non-hydrogen) atoms. The van der Waals surface area contributed by atoms with Gasteiger partial charge in [-0.1, -0.05) is 91.0 Å². The van der Waals surface area contributed by atoms with Gasteiger partial charge < -0.3 is 14.2 Å². The maximum Gasteiger partial charge on any atom is 0.264 e. The van der Waals surface area contributed by atoms with Crippen LogP contribution in [0.3, 0.4) is 0 Å². The third-order valence-electron chi connectivity index (χ3n) is 6.59. The summed E-state index contributed by atoms with van der Waals surface area (Å²) in [5, 5.41) is 0. The number of benzene rings is 4. The van der Waals surface area contributed by atoms with Crippen LogP contribution in [0.2, 0.25) is 0 Å². The standard InChI is InChI=1S/C33H36O6S/c1-36-30-21-23-31(24-22-30)37-26-32(39-40(2,34)35)20-12-13-25-38-33(27-14-6-3-7-15-27,28-16-8-4-9-17-28)29-18-10-5-11-19-29/h3-11,14-19,21-24,32H,12-13,20,25-26H2,1-2H3/t32-/m1/s1. The summed E-state index contributed by atoms with van der Waals surface area (Å²) in [7, 11) is -2.05. The van der Waals surface area contributed by atoms with Crippen LogP contribution in [0.1, 0.15) is 36.0 Å². The summed E-state index contributed by atoms with van der Waals surface area (Å²) in [6, 6.07) is 37.8. The highest BCUT2D eigenvalue weighted by Crippen LogP contribution is 2.40. The molecule has 0 aliphatic heterocycles. The molecule has 6 nitrogen and oxygen atoms in total. The Morgan fingerprint density at radius 1 is 0.675 bits per heavy atom. The molecule has 0 aliphatic carbocycles. The van der Waals surface area contributed by atoms with E-state index >= 15 is 0 Å². The van der Waals surface area contributed by atoms with Crippen LogP contribution in [-0.4, -0.2) is 41.1 Å². The molecule has 0 fully saturated rings. The van der Waals surface area contributed by atoms with E-state index in [0.717, 1.165) is 22.9 Å². The van der Waals surface area contributed by atoms with Gasteiger partial charge in [0.25, 0.3) is 10.1 Å².